The summed E-state index contributed by atoms with van der Waals surface area (Å²) in [6.45, 7) is 16.3. The molecule has 49 heavy (non-hydrogen) atoms. The van der Waals surface area contributed by atoms with Crippen molar-refractivity contribution in [1.82, 2.24) is 9.61 Å². The maximum Gasteiger partial charge on any atom is 0.307 e. The van der Waals surface area contributed by atoms with E-state index in [-0.39, 0.29) is 12.0 Å². The fourth-order valence-corrected chi connectivity index (χ4v) is 6.17. The molecule has 5 heterocycles. The van der Waals surface area contributed by atoms with E-state index in [1.54, 1.807) is 26.8 Å². The van der Waals surface area contributed by atoms with Gasteiger partial charge in [0.1, 0.15) is 5.75 Å². The molecule has 9 heteroatoms. The van der Waals surface area contributed by atoms with Gasteiger partial charge < -0.3 is 24.6 Å². The minimum absolute atomic E-state index is 0.0457. The summed E-state index contributed by atoms with van der Waals surface area (Å²) in [4.78, 5) is 14.3. The summed E-state index contributed by atoms with van der Waals surface area (Å²) in [6, 6.07) is 18.0. The Balaban J connectivity index is 0.000000710. The van der Waals surface area contributed by atoms with Gasteiger partial charge in [0.25, 0.3) is 0 Å². The van der Waals surface area contributed by atoms with Gasteiger partial charge in [0.2, 0.25) is 0 Å². The number of aromatic nitrogens is 2. The number of carbonyl (C=O) groups is 1. The Bertz CT molecular complexity index is 1770. The lowest BCUT2D eigenvalue weighted by atomic mass is 9.91. The van der Waals surface area contributed by atoms with Crippen LogP contribution in [0.1, 0.15) is 90.3 Å². The lowest BCUT2D eigenvalue weighted by Gasteiger charge is -2.41. The van der Waals surface area contributed by atoms with Crippen molar-refractivity contribution in [2.75, 3.05) is 31.2 Å². The van der Waals surface area contributed by atoms with E-state index < -0.39 is 11.6 Å². The predicted octanol–water partition coefficient (Wildman–Crippen LogP) is 8.22. The molecule has 0 radical (unpaired) electrons. The fourth-order valence-electron chi connectivity index (χ4n) is 6.17. The molecule has 7 rings (SSSR count). The van der Waals surface area contributed by atoms with Gasteiger partial charge in [0, 0.05) is 37.0 Å². The predicted molar refractivity (Wildman–Crippen MR) is 195 cm³/mol. The molecule has 6 bridgehead atoms. The number of piperidine rings is 1. The number of nitrogens with zero attached hydrogens (tertiary/aromatic N) is 4. The van der Waals surface area contributed by atoms with E-state index in [4.69, 9.17) is 19.7 Å². The van der Waals surface area contributed by atoms with Crippen molar-refractivity contribution in [3.8, 4) is 34.2 Å². The average Bonchev–Trinajstić information content (AvgIpc) is 3.48. The van der Waals surface area contributed by atoms with E-state index >= 15 is 0 Å². The lowest BCUT2D eigenvalue weighted by molar-refractivity contribution is -0.136. The highest BCUT2D eigenvalue weighted by Crippen LogP contribution is 2.38. The van der Waals surface area contributed by atoms with Gasteiger partial charge in [-0.1, -0.05) is 32.0 Å². The van der Waals surface area contributed by atoms with Gasteiger partial charge in [0.05, 0.1) is 52.8 Å². The van der Waals surface area contributed by atoms with Crippen LogP contribution < -0.4 is 9.64 Å². The molecule has 2 aromatic carbocycles. The van der Waals surface area contributed by atoms with Crippen molar-refractivity contribution in [2.24, 2.45) is 0 Å². The normalized spacial score (nSPS) is 15.9. The number of rotatable bonds is 2. The van der Waals surface area contributed by atoms with Crippen molar-refractivity contribution in [3.05, 3.63) is 71.4 Å². The topological polar surface area (TPSA) is 120 Å². The maximum atomic E-state index is 12.0. The second-order valence-electron chi connectivity index (χ2n) is 13.8. The molecule has 9 nitrogen and oxygen atoms in total. The highest BCUT2D eigenvalue weighted by molar-refractivity contribution is 5.86. The molecule has 0 amide bonds. The Kier molecular flexibility index (Phi) is 12.5. The molecule has 1 fully saturated rings. The molecular formula is C40H52N4O5. The van der Waals surface area contributed by atoms with Crippen LogP contribution in [0.25, 0.3) is 27.9 Å². The number of aliphatic carboxylic acids is 1. The van der Waals surface area contributed by atoms with Crippen LogP contribution in [0.3, 0.4) is 0 Å². The van der Waals surface area contributed by atoms with Crippen LogP contribution in [0.5, 0.6) is 5.75 Å². The summed E-state index contributed by atoms with van der Waals surface area (Å²) in [5.41, 5.74) is 6.98. The van der Waals surface area contributed by atoms with Crippen molar-refractivity contribution >= 4 is 17.2 Å². The first-order valence-electron chi connectivity index (χ1n) is 17.5. The van der Waals surface area contributed by atoms with Crippen LogP contribution in [-0.2, 0) is 16.0 Å². The summed E-state index contributed by atoms with van der Waals surface area (Å²) < 4.78 is 14.5. The Morgan fingerprint density at radius 3 is 2.37 bits per heavy atom. The quantitative estimate of drug-likeness (QED) is 0.219. The van der Waals surface area contributed by atoms with Crippen LogP contribution in [0, 0.1) is 18.3 Å². The third kappa shape index (κ3) is 9.84. The van der Waals surface area contributed by atoms with Gasteiger partial charge in [0.15, 0.2) is 0 Å². The van der Waals surface area contributed by atoms with E-state index in [2.05, 4.69) is 30.0 Å². The van der Waals surface area contributed by atoms with E-state index in [1.807, 2.05) is 61.8 Å². The van der Waals surface area contributed by atoms with Crippen molar-refractivity contribution in [3.63, 3.8) is 0 Å². The van der Waals surface area contributed by atoms with E-state index in [0.717, 1.165) is 95.7 Å². The van der Waals surface area contributed by atoms with Gasteiger partial charge >= 0.3 is 5.97 Å². The number of fused-ring (bicyclic) bond motifs is 8. The fraction of sp³-hybridized carbons (Fsp3) is 0.475. The number of aliphatic hydroxyl groups is 1. The number of hydrogen-bond acceptors (Lipinski definition) is 7. The first-order valence-corrected chi connectivity index (χ1v) is 17.5. The Hall–Kier alpha value is -4.39. The molecule has 0 aliphatic carbocycles. The number of benzene rings is 2. The molecule has 262 valence electrons. The summed E-state index contributed by atoms with van der Waals surface area (Å²) in [7, 11) is 0. The Labute approximate surface area is 291 Å². The average molecular weight is 669 g/mol. The van der Waals surface area contributed by atoms with Crippen LogP contribution >= 0.6 is 0 Å². The molecule has 0 saturated carbocycles. The summed E-state index contributed by atoms with van der Waals surface area (Å²) >= 11 is 0. The summed E-state index contributed by atoms with van der Waals surface area (Å²) in [5, 5.41) is 32.9. The molecular weight excluding hydrogens is 616 g/mol. The molecule has 0 spiro atoms. The third-order valence-electron chi connectivity index (χ3n) is 8.60. The number of carboxylic acid groups (broad SMARTS) is 1. The maximum absolute atomic E-state index is 12.0. The van der Waals surface area contributed by atoms with Crippen LogP contribution in [0.15, 0.2) is 54.7 Å². The number of ether oxygens (including phenoxy) is 2. The van der Waals surface area contributed by atoms with Gasteiger partial charge in [-0.15, -0.1) is 0 Å². The highest BCUT2D eigenvalue weighted by atomic mass is 16.5. The van der Waals surface area contributed by atoms with Gasteiger partial charge in [-0.2, -0.15) is 10.4 Å². The first-order chi connectivity index (χ1) is 23.3. The minimum atomic E-state index is -0.847. The number of carboxylic acids is 1. The largest absolute Gasteiger partial charge is 0.493 e. The molecule has 2 N–H and O–H groups in total. The number of anilines is 1. The highest BCUT2D eigenvalue weighted by Gasteiger charge is 2.33. The number of nitriles is 1. The second kappa shape index (κ2) is 16.3. The lowest BCUT2D eigenvalue weighted by Crippen LogP contribution is -2.45. The van der Waals surface area contributed by atoms with Crippen LogP contribution in [0.2, 0.25) is 0 Å². The van der Waals surface area contributed by atoms with Gasteiger partial charge in [-0.05, 0) is 114 Å². The number of hydrogen-bond donors (Lipinski definition) is 2. The minimum Gasteiger partial charge on any atom is -0.493 e. The molecule has 1 saturated heterocycles. The summed E-state index contributed by atoms with van der Waals surface area (Å²) in [5.74, 6) is -0.0963. The standard InChI is InChI=1S/C34H36N4O4.C4H10O.C2H6/c1-23-22-38-30-20-29(36-38)26-8-6-7-25(18-26)28-17-24(21-35)9-10-31(28)41-15-4-3-5-16-42-34(2)11-13-37(14-12-34)33(30)27(23)19-32(39)40;1-4(2,3)5;1-2/h6-10,17-18,20,22H,3-5,11-16,19H2,1-2H3,(H,39,40);5H,1-3H3;1-2H3. The van der Waals surface area contributed by atoms with Crippen molar-refractivity contribution in [2.45, 2.75) is 98.2 Å². The molecule has 0 unspecified atom stereocenters. The van der Waals surface area contributed by atoms with E-state index in [0.29, 0.717) is 18.8 Å². The van der Waals surface area contributed by atoms with E-state index in [9.17, 15) is 15.2 Å². The molecule has 2 aromatic heterocycles. The van der Waals surface area contributed by atoms with Gasteiger partial charge in [-0.25, -0.2) is 4.52 Å². The number of aryl methyl sites for hydroxylation is 1. The van der Waals surface area contributed by atoms with Crippen molar-refractivity contribution < 1.29 is 24.5 Å². The van der Waals surface area contributed by atoms with Crippen LogP contribution in [0.4, 0.5) is 5.69 Å². The SMILES string of the molecule is CC.CC(C)(C)O.Cc1cn2nc3cc2c(c1CC(=O)O)N1CCC(C)(CC1)OCCCCCOc1ccc(C#N)cc1-c1cccc-3c1. The third-order valence-corrected chi connectivity index (χ3v) is 8.60. The smallest absolute Gasteiger partial charge is 0.307 e. The Morgan fingerprint density at radius 2 is 1.69 bits per heavy atom. The molecule has 3 aliphatic rings. The molecule has 0 atom stereocenters. The van der Waals surface area contributed by atoms with Crippen LogP contribution in [-0.4, -0.2) is 63.3 Å². The molecule has 3 aliphatic heterocycles. The summed E-state index contributed by atoms with van der Waals surface area (Å²) in [6.07, 6.45) is 6.51. The zero-order valence-corrected chi connectivity index (χ0v) is 30.2. The first kappa shape index (κ1) is 37.4. The van der Waals surface area contributed by atoms with E-state index in [1.165, 1.54) is 0 Å². The zero-order chi connectivity index (χ0) is 35.8. The molecule has 4 aromatic rings. The zero-order valence-electron chi connectivity index (χ0n) is 30.2. The monoisotopic (exact) mass is 668 g/mol. The van der Waals surface area contributed by atoms with Gasteiger partial charge in [-0.3, -0.25) is 4.79 Å². The second-order valence-corrected chi connectivity index (χ2v) is 13.8. The number of pyridine rings is 1. The Morgan fingerprint density at radius 1 is 1.02 bits per heavy atom. The van der Waals surface area contributed by atoms with Crippen molar-refractivity contribution in [1.29, 1.82) is 5.26 Å².